The van der Waals surface area contributed by atoms with Gasteiger partial charge in [0.2, 0.25) is 5.88 Å². The van der Waals surface area contributed by atoms with E-state index < -0.39 is 0 Å². The predicted octanol–water partition coefficient (Wildman–Crippen LogP) is 1.02. The molecule has 1 heterocycles. The van der Waals surface area contributed by atoms with Gasteiger partial charge in [0.15, 0.2) is 0 Å². The predicted molar refractivity (Wildman–Crippen MR) is 62.4 cm³/mol. The second-order valence-corrected chi connectivity index (χ2v) is 4.47. The maximum Gasteiger partial charge on any atom is 0.218 e. The highest BCUT2D eigenvalue weighted by Gasteiger charge is 2.40. The normalized spacial score (nSPS) is 18.9. The van der Waals surface area contributed by atoms with Crippen LogP contribution in [0.15, 0.2) is 12.4 Å². The summed E-state index contributed by atoms with van der Waals surface area (Å²) >= 11 is 0. The lowest BCUT2D eigenvalue weighted by Gasteiger charge is -2.30. The lowest BCUT2D eigenvalue weighted by molar-refractivity contribution is 0.396. The molecule has 1 aromatic heterocycles. The SMILES string of the molecule is COc1cc(NC(C)(CN)C2CC2)ncn1. The maximum atomic E-state index is 5.83. The summed E-state index contributed by atoms with van der Waals surface area (Å²) in [7, 11) is 1.59. The summed E-state index contributed by atoms with van der Waals surface area (Å²) in [6, 6.07) is 1.79. The minimum absolute atomic E-state index is 0.0701. The molecule has 5 nitrogen and oxygen atoms in total. The number of hydrogen-bond donors (Lipinski definition) is 2. The van der Waals surface area contributed by atoms with Crippen molar-refractivity contribution in [2.75, 3.05) is 19.0 Å². The van der Waals surface area contributed by atoms with Gasteiger partial charge < -0.3 is 15.8 Å². The molecule has 1 unspecified atom stereocenters. The molecule has 1 atom stereocenters. The van der Waals surface area contributed by atoms with Crippen molar-refractivity contribution < 1.29 is 4.74 Å². The van der Waals surface area contributed by atoms with Crippen molar-refractivity contribution in [1.29, 1.82) is 0 Å². The molecule has 1 aliphatic carbocycles. The molecule has 0 amide bonds. The van der Waals surface area contributed by atoms with Gasteiger partial charge in [0.05, 0.1) is 12.6 Å². The standard InChI is InChI=1S/C11H18N4O/c1-11(6-12,8-3-4-8)15-9-5-10(16-2)14-7-13-9/h5,7-8H,3-4,6,12H2,1-2H3,(H,13,14,15). The Morgan fingerprint density at radius 3 is 2.88 bits per heavy atom. The van der Waals surface area contributed by atoms with Crippen molar-refractivity contribution in [3.8, 4) is 5.88 Å². The van der Waals surface area contributed by atoms with Crippen molar-refractivity contribution in [2.24, 2.45) is 11.7 Å². The lowest BCUT2D eigenvalue weighted by atomic mass is 9.96. The smallest absolute Gasteiger partial charge is 0.218 e. The monoisotopic (exact) mass is 222 g/mol. The van der Waals surface area contributed by atoms with E-state index >= 15 is 0 Å². The van der Waals surface area contributed by atoms with Gasteiger partial charge in [-0.3, -0.25) is 0 Å². The van der Waals surface area contributed by atoms with Crippen molar-refractivity contribution in [1.82, 2.24) is 9.97 Å². The molecule has 1 aliphatic rings. The third kappa shape index (κ3) is 2.24. The average Bonchev–Trinajstić information content (AvgIpc) is 3.13. The van der Waals surface area contributed by atoms with E-state index in [1.165, 1.54) is 19.2 Å². The van der Waals surface area contributed by atoms with Crippen LogP contribution in [-0.2, 0) is 0 Å². The van der Waals surface area contributed by atoms with Crippen LogP contribution in [0, 0.1) is 5.92 Å². The Morgan fingerprint density at radius 2 is 2.31 bits per heavy atom. The van der Waals surface area contributed by atoms with Crippen LogP contribution in [0.4, 0.5) is 5.82 Å². The summed E-state index contributed by atoms with van der Waals surface area (Å²) in [4.78, 5) is 8.14. The second kappa shape index (κ2) is 4.25. The van der Waals surface area contributed by atoms with Crippen LogP contribution in [0.2, 0.25) is 0 Å². The number of aromatic nitrogens is 2. The molecule has 5 heteroatoms. The first kappa shape index (κ1) is 11.1. The molecule has 0 radical (unpaired) electrons. The van der Waals surface area contributed by atoms with Gasteiger partial charge in [-0.05, 0) is 25.7 Å². The Balaban J connectivity index is 2.12. The fourth-order valence-corrected chi connectivity index (χ4v) is 1.85. The summed E-state index contributed by atoms with van der Waals surface area (Å²) in [5.74, 6) is 1.98. The third-order valence-corrected chi connectivity index (χ3v) is 3.17. The van der Waals surface area contributed by atoms with Gasteiger partial charge in [0.25, 0.3) is 0 Å². The van der Waals surface area contributed by atoms with Gasteiger partial charge in [-0.1, -0.05) is 0 Å². The zero-order chi connectivity index (χ0) is 11.6. The van der Waals surface area contributed by atoms with E-state index in [-0.39, 0.29) is 5.54 Å². The Hall–Kier alpha value is -1.36. The summed E-state index contributed by atoms with van der Waals surface area (Å²) < 4.78 is 5.06. The maximum absolute atomic E-state index is 5.83. The number of rotatable bonds is 5. The van der Waals surface area contributed by atoms with Gasteiger partial charge in [0.1, 0.15) is 12.1 Å². The first-order valence-electron chi connectivity index (χ1n) is 5.52. The van der Waals surface area contributed by atoms with E-state index in [0.29, 0.717) is 18.3 Å². The highest BCUT2D eigenvalue weighted by molar-refractivity contribution is 5.40. The molecular formula is C11H18N4O. The first-order chi connectivity index (χ1) is 7.68. The molecule has 1 aromatic rings. The highest BCUT2D eigenvalue weighted by Crippen LogP contribution is 2.40. The van der Waals surface area contributed by atoms with E-state index in [0.717, 1.165) is 5.82 Å². The molecule has 3 N–H and O–H groups in total. The number of hydrogen-bond acceptors (Lipinski definition) is 5. The lowest BCUT2D eigenvalue weighted by Crippen LogP contribution is -2.44. The summed E-state index contributed by atoms with van der Waals surface area (Å²) in [6.45, 7) is 2.74. The summed E-state index contributed by atoms with van der Waals surface area (Å²) in [5.41, 5.74) is 5.76. The number of ether oxygens (including phenoxy) is 1. The zero-order valence-electron chi connectivity index (χ0n) is 9.73. The van der Waals surface area contributed by atoms with Gasteiger partial charge in [-0.2, -0.15) is 0 Å². The quantitative estimate of drug-likeness (QED) is 0.778. The molecule has 16 heavy (non-hydrogen) atoms. The molecule has 0 aliphatic heterocycles. The molecule has 88 valence electrons. The molecule has 1 saturated carbocycles. The van der Waals surface area contributed by atoms with Gasteiger partial charge >= 0.3 is 0 Å². The van der Waals surface area contributed by atoms with E-state index in [4.69, 9.17) is 10.5 Å². The Labute approximate surface area is 95.4 Å². The third-order valence-electron chi connectivity index (χ3n) is 3.17. The highest BCUT2D eigenvalue weighted by atomic mass is 16.5. The van der Waals surface area contributed by atoms with Crippen LogP contribution in [0.3, 0.4) is 0 Å². The minimum Gasteiger partial charge on any atom is -0.481 e. The number of anilines is 1. The van der Waals surface area contributed by atoms with E-state index in [1.807, 2.05) is 0 Å². The number of nitrogens with one attached hydrogen (secondary N) is 1. The topological polar surface area (TPSA) is 73.1 Å². The number of methoxy groups -OCH3 is 1. The van der Waals surface area contributed by atoms with E-state index in [9.17, 15) is 0 Å². The van der Waals surface area contributed by atoms with Crippen molar-refractivity contribution in [2.45, 2.75) is 25.3 Å². The Morgan fingerprint density at radius 1 is 1.56 bits per heavy atom. The zero-order valence-corrected chi connectivity index (χ0v) is 9.73. The van der Waals surface area contributed by atoms with Gasteiger partial charge in [0, 0.05) is 12.6 Å². The summed E-state index contributed by atoms with van der Waals surface area (Å²) in [6.07, 6.45) is 3.97. The fourth-order valence-electron chi connectivity index (χ4n) is 1.85. The molecule has 0 aromatic carbocycles. The van der Waals surface area contributed by atoms with Crippen molar-refractivity contribution >= 4 is 5.82 Å². The first-order valence-corrected chi connectivity index (χ1v) is 5.52. The minimum atomic E-state index is -0.0701. The van der Waals surface area contributed by atoms with Crippen LogP contribution in [0.25, 0.3) is 0 Å². The number of nitrogens with zero attached hydrogens (tertiary/aromatic N) is 2. The van der Waals surface area contributed by atoms with Crippen LogP contribution >= 0.6 is 0 Å². The Kier molecular flexibility index (Phi) is 2.96. The number of nitrogens with two attached hydrogens (primary N) is 1. The van der Waals surface area contributed by atoms with Crippen LogP contribution < -0.4 is 15.8 Å². The molecule has 0 saturated heterocycles. The Bertz CT molecular complexity index is 367. The van der Waals surface area contributed by atoms with Crippen molar-refractivity contribution in [3.63, 3.8) is 0 Å². The molecule has 2 rings (SSSR count). The molecular weight excluding hydrogens is 204 g/mol. The molecule has 1 fully saturated rings. The van der Waals surface area contributed by atoms with Crippen LogP contribution in [0.1, 0.15) is 19.8 Å². The van der Waals surface area contributed by atoms with Gasteiger partial charge in [-0.15, -0.1) is 0 Å². The molecule has 0 spiro atoms. The average molecular weight is 222 g/mol. The van der Waals surface area contributed by atoms with Crippen LogP contribution in [-0.4, -0.2) is 29.2 Å². The van der Waals surface area contributed by atoms with E-state index in [1.54, 1.807) is 13.2 Å². The largest absolute Gasteiger partial charge is 0.481 e. The molecule has 0 bridgehead atoms. The van der Waals surface area contributed by atoms with Crippen molar-refractivity contribution in [3.05, 3.63) is 12.4 Å². The van der Waals surface area contributed by atoms with E-state index in [2.05, 4.69) is 22.2 Å². The van der Waals surface area contributed by atoms with Crippen LogP contribution in [0.5, 0.6) is 5.88 Å². The van der Waals surface area contributed by atoms with Gasteiger partial charge in [-0.25, -0.2) is 9.97 Å². The fraction of sp³-hybridized carbons (Fsp3) is 0.636. The summed E-state index contributed by atoms with van der Waals surface area (Å²) in [5, 5.41) is 3.39. The second-order valence-electron chi connectivity index (χ2n) is 4.47.